The van der Waals surface area contributed by atoms with E-state index in [2.05, 4.69) is 15.2 Å². The van der Waals surface area contributed by atoms with Crippen molar-refractivity contribution >= 4 is 29.0 Å². The van der Waals surface area contributed by atoms with E-state index in [-0.39, 0.29) is 11.9 Å². The summed E-state index contributed by atoms with van der Waals surface area (Å²) in [4.78, 5) is 18.0. The first kappa shape index (κ1) is 10.8. The van der Waals surface area contributed by atoms with Crippen LogP contribution in [0.25, 0.3) is 0 Å². The van der Waals surface area contributed by atoms with Crippen LogP contribution < -0.4 is 10.2 Å². The van der Waals surface area contributed by atoms with Gasteiger partial charge in [0.2, 0.25) is 5.91 Å². The van der Waals surface area contributed by atoms with Gasteiger partial charge in [0.1, 0.15) is 0 Å². The lowest BCUT2D eigenvalue weighted by atomic mass is 10.1. The number of nitrogens with zero attached hydrogens (tertiary/aromatic N) is 2. The fraction of sp³-hybridized carbons (Fsp3) is 0.455. The molecule has 1 N–H and O–H groups in total. The number of rotatable bonds is 0. The number of hydrogen-bond donors (Lipinski definition) is 1. The third-order valence-electron chi connectivity index (χ3n) is 3.05. The van der Waals surface area contributed by atoms with Gasteiger partial charge >= 0.3 is 0 Å². The van der Waals surface area contributed by atoms with E-state index in [0.29, 0.717) is 30.5 Å². The highest BCUT2D eigenvalue weighted by molar-refractivity contribution is 6.30. The van der Waals surface area contributed by atoms with Crippen LogP contribution in [0.1, 0.15) is 6.42 Å². The number of carbonyl (C=O) groups is 1. The topological polar surface area (TPSA) is 54.5 Å². The Morgan fingerprint density at radius 3 is 3.35 bits per heavy atom. The number of carbonyl (C=O) groups excluding carboxylic acids is 1. The Balaban J connectivity index is 2.07. The van der Waals surface area contributed by atoms with Gasteiger partial charge in [-0.25, -0.2) is 4.98 Å². The Morgan fingerprint density at radius 2 is 2.47 bits per heavy atom. The highest BCUT2D eigenvalue weighted by Gasteiger charge is 2.31. The fourth-order valence-corrected chi connectivity index (χ4v) is 2.43. The summed E-state index contributed by atoms with van der Waals surface area (Å²) in [5.74, 6) is 0.558. The van der Waals surface area contributed by atoms with E-state index in [1.165, 1.54) is 0 Å². The molecule has 1 amide bonds. The molecule has 1 atom stereocenters. The smallest absolute Gasteiger partial charge is 0.227 e. The van der Waals surface area contributed by atoms with E-state index in [0.717, 1.165) is 12.2 Å². The Hall–Kier alpha value is -1.33. The Labute approximate surface area is 104 Å². The van der Waals surface area contributed by atoms with Gasteiger partial charge in [-0.2, -0.15) is 0 Å². The van der Waals surface area contributed by atoms with Crippen molar-refractivity contribution in [1.29, 1.82) is 0 Å². The summed E-state index contributed by atoms with van der Waals surface area (Å²) >= 11 is 5.96. The molecule has 0 aliphatic carbocycles. The van der Waals surface area contributed by atoms with E-state index in [9.17, 15) is 4.79 Å². The van der Waals surface area contributed by atoms with Gasteiger partial charge in [-0.3, -0.25) is 4.79 Å². The number of aromatic nitrogens is 1. The molecule has 0 spiro atoms. The second-order valence-corrected chi connectivity index (χ2v) is 4.63. The lowest BCUT2D eigenvalue weighted by Gasteiger charge is -2.35. The van der Waals surface area contributed by atoms with Crippen molar-refractivity contribution < 1.29 is 9.53 Å². The molecule has 0 bridgehead atoms. The van der Waals surface area contributed by atoms with Crippen molar-refractivity contribution in [3.63, 3.8) is 0 Å². The fourth-order valence-electron chi connectivity index (χ4n) is 2.28. The number of ether oxygens (including phenoxy) is 1. The molecule has 6 heteroatoms. The molecule has 0 aromatic carbocycles. The van der Waals surface area contributed by atoms with Crippen molar-refractivity contribution in [2.75, 3.05) is 30.0 Å². The minimum absolute atomic E-state index is 0.0286. The van der Waals surface area contributed by atoms with Gasteiger partial charge in [-0.05, 0) is 6.07 Å². The van der Waals surface area contributed by atoms with Crippen molar-refractivity contribution in [3.8, 4) is 0 Å². The molecule has 1 fully saturated rings. The summed E-state index contributed by atoms with van der Waals surface area (Å²) < 4.78 is 5.41. The van der Waals surface area contributed by atoms with Crippen LogP contribution in [0.15, 0.2) is 12.3 Å². The maximum Gasteiger partial charge on any atom is 0.227 e. The van der Waals surface area contributed by atoms with Gasteiger partial charge in [-0.15, -0.1) is 0 Å². The third-order valence-corrected chi connectivity index (χ3v) is 3.26. The largest absolute Gasteiger partial charge is 0.377 e. The molecule has 1 aromatic heterocycles. The minimum atomic E-state index is -0.0286. The molecular formula is C11H12ClN3O2. The first-order chi connectivity index (χ1) is 8.24. The minimum Gasteiger partial charge on any atom is -0.377 e. The summed E-state index contributed by atoms with van der Waals surface area (Å²) in [7, 11) is 0. The van der Waals surface area contributed by atoms with Crippen molar-refractivity contribution in [2.45, 2.75) is 12.5 Å². The van der Waals surface area contributed by atoms with E-state index in [4.69, 9.17) is 16.3 Å². The highest BCUT2D eigenvalue weighted by atomic mass is 35.5. The quantitative estimate of drug-likeness (QED) is 0.757. The predicted molar refractivity (Wildman–Crippen MR) is 64.4 cm³/mol. The van der Waals surface area contributed by atoms with Crippen LogP contribution in [0.5, 0.6) is 0 Å². The van der Waals surface area contributed by atoms with Crippen LogP contribution >= 0.6 is 11.6 Å². The molecule has 3 rings (SSSR count). The van der Waals surface area contributed by atoms with Gasteiger partial charge in [0, 0.05) is 19.2 Å². The first-order valence-electron chi connectivity index (χ1n) is 5.54. The summed E-state index contributed by atoms with van der Waals surface area (Å²) in [6.45, 7) is 1.99. The summed E-state index contributed by atoms with van der Waals surface area (Å²) in [5, 5.41) is 3.37. The zero-order valence-electron chi connectivity index (χ0n) is 9.15. The Kier molecular flexibility index (Phi) is 2.64. The lowest BCUT2D eigenvalue weighted by molar-refractivity contribution is -0.116. The molecule has 0 radical (unpaired) electrons. The number of hydrogen-bond acceptors (Lipinski definition) is 4. The lowest BCUT2D eigenvalue weighted by Crippen LogP contribution is -2.45. The molecule has 0 saturated carbocycles. The standard InChI is InChI=1S/C11H12ClN3O2/c12-7-3-9-11(13-5-7)14-10(16)4-8-6-17-2-1-15(8)9/h3,5,8H,1-2,4,6H2,(H,13,14,16). The van der Waals surface area contributed by atoms with Crippen LogP contribution in [-0.2, 0) is 9.53 Å². The number of morpholine rings is 1. The summed E-state index contributed by atoms with van der Waals surface area (Å²) in [5.41, 5.74) is 0.886. The Morgan fingerprint density at radius 1 is 1.59 bits per heavy atom. The van der Waals surface area contributed by atoms with E-state index < -0.39 is 0 Å². The summed E-state index contributed by atoms with van der Waals surface area (Å²) in [6, 6.07) is 1.92. The van der Waals surface area contributed by atoms with E-state index >= 15 is 0 Å². The predicted octanol–water partition coefficient (Wildman–Crippen LogP) is 1.28. The van der Waals surface area contributed by atoms with Gasteiger partial charge in [0.25, 0.3) is 0 Å². The van der Waals surface area contributed by atoms with Crippen LogP contribution in [0, 0.1) is 0 Å². The SMILES string of the molecule is O=C1CC2COCCN2c2cc(Cl)cnc2N1. The van der Waals surface area contributed by atoms with E-state index in [1.54, 1.807) is 6.20 Å². The van der Waals surface area contributed by atoms with Crippen molar-refractivity contribution in [2.24, 2.45) is 0 Å². The molecule has 1 saturated heterocycles. The van der Waals surface area contributed by atoms with Crippen LogP contribution in [0.3, 0.4) is 0 Å². The Bertz CT molecular complexity index is 466. The van der Waals surface area contributed by atoms with Gasteiger partial charge in [-0.1, -0.05) is 11.6 Å². The number of fused-ring (bicyclic) bond motifs is 3. The second-order valence-electron chi connectivity index (χ2n) is 4.20. The molecule has 90 valence electrons. The van der Waals surface area contributed by atoms with Gasteiger partial charge < -0.3 is 15.0 Å². The van der Waals surface area contributed by atoms with Crippen LogP contribution in [0.2, 0.25) is 5.02 Å². The monoisotopic (exact) mass is 253 g/mol. The molecular weight excluding hydrogens is 242 g/mol. The first-order valence-corrected chi connectivity index (χ1v) is 5.91. The molecule has 5 nitrogen and oxygen atoms in total. The molecule has 1 aromatic rings. The molecule has 2 aliphatic heterocycles. The maximum absolute atomic E-state index is 11.7. The molecule has 3 heterocycles. The summed E-state index contributed by atoms with van der Waals surface area (Å²) in [6.07, 6.45) is 1.97. The molecule has 2 aliphatic rings. The van der Waals surface area contributed by atoms with Gasteiger partial charge in [0.15, 0.2) is 5.82 Å². The number of amides is 1. The second kappa shape index (κ2) is 4.16. The highest BCUT2D eigenvalue weighted by Crippen LogP contribution is 2.32. The zero-order chi connectivity index (χ0) is 11.8. The zero-order valence-corrected chi connectivity index (χ0v) is 9.91. The number of halogens is 1. The van der Waals surface area contributed by atoms with Gasteiger partial charge in [0.05, 0.1) is 30.0 Å². The number of nitrogens with one attached hydrogen (secondary N) is 1. The molecule has 1 unspecified atom stereocenters. The molecule has 17 heavy (non-hydrogen) atoms. The number of pyridine rings is 1. The van der Waals surface area contributed by atoms with Crippen LogP contribution in [0.4, 0.5) is 11.5 Å². The van der Waals surface area contributed by atoms with Crippen molar-refractivity contribution in [3.05, 3.63) is 17.3 Å². The van der Waals surface area contributed by atoms with E-state index in [1.807, 2.05) is 6.07 Å². The average Bonchev–Trinajstić information content (AvgIpc) is 2.45. The maximum atomic E-state index is 11.7. The average molecular weight is 254 g/mol. The third kappa shape index (κ3) is 1.96. The van der Waals surface area contributed by atoms with Crippen molar-refractivity contribution in [1.82, 2.24) is 4.98 Å². The normalized spacial score (nSPS) is 23.5. The number of anilines is 2. The van der Waals surface area contributed by atoms with Crippen LogP contribution in [-0.4, -0.2) is 36.7 Å².